The summed E-state index contributed by atoms with van der Waals surface area (Å²) in [6, 6.07) is 14.1. The molecule has 0 atom stereocenters. The van der Waals surface area contributed by atoms with E-state index in [4.69, 9.17) is 4.74 Å². The van der Waals surface area contributed by atoms with Crippen LogP contribution in [0, 0.1) is 5.82 Å². The number of fused-ring (bicyclic) bond motifs is 2. The van der Waals surface area contributed by atoms with Crippen molar-refractivity contribution in [1.29, 1.82) is 0 Å². The molecule has 0 bridgehead atoms. The van der Waals surface area contributed by atoms with Crippen molar-refractivity contribution in [3.05, 3.63) is 66.2 Å². The molecule has 1 aliphatic heterocycles. The first-order chi connectivity index (χ1) is 11.3. The minimum absolute atomic E-state index is 0.297. The van der Waals surface area contributed by atoms with Crippen LogP contribution in [0.4, 0.5) is 21.6 Å². The molecular weight excluding hydrogens is 295 g/mol. The Kier molecular flexibility index (Phi) is 3.27. The molecule has 114 valence electrons. The summed E-state index contributed by atoms with van der Waals surface area (Å²) in [5.74, 6) is 1.30. The van der Waals surface area contributed by atoms with Crippen LogP contribution in [0.2, 0.25) is 0 Å². The first-order valence-electron chi connectivity index (χ1n) is 7.17. The standard InChI is InChI=1S/C17H13FN4O/c18-12-6-7-14-11(8-12)9-19-15-16(20-10-21-17(15)23-14)22-13-4-2-1-3-5-13/h1-8,10,19H,9H2,(H,20,21,22). The molecule has 3 aromatic rings. The number of aromatic nitrogens is 2. The van der Waals surface area contributed by atoms with Gasteiger partial charge >= 0.3 is 0 Å². The second kappa shape index (κ2) is 5.57. The zero-order chi connectivity index (χ0) is 15.6. The molecule has 0 aliphatic carbocycles. The summed E-state index contributed by atoms with van der Waals surface area (Å²) in [6.45, 7) is 0.428. The normalized spacial score (nSPS) is 12.2. The van der Waals surface area contributed by atoms with E-state index in [2.05, 4.69) is 20.6 Å². The predicted molar refractivity (Wildman–Crippen MR) is 85.6 cm³/mol. The van der Waals surface area contributed by atoms with Crippen molar-refractivity contribution in [2.24, 2.45) is 0 Å². The van der Waals surface area contributed by atoms with Crippen LogP contribution < -0.4 is 15.4 Å². The lowest BCUT2D eigenvalue weighted by Crippen LogP contribution is -2.04. The Morgan fingerprint density at radius 3 is 2.83 bits per heavy atom. The number of hydrogen-bond donors (Lipinski definition) is 2. The van der Waals surface area contributed by atoms with Crippen LogP contribution in [0.5, 0.6) is 11.6 Å². The molecule has 0 saturated heterocycles. The second-order valence-corrected chi connectivity index (χ2v) is 5.10. The maximum atomic E-state index is 13.4. The van der Waals surface area contributed by atoms with Gasteiger partial charge < -0.3 is 15.4 Å². The SMILES string of the molecule is Fc1ccc2c(c1)CNc1c(Nc3ccccc3)ncnc1O2. The van der Waals surface area contributed by atoms with Crippen LogP contribution in [0.25, 0.3) is 0 Å². The molecule has 4 rings (SSSR count). The minimum atomic E-state index is -0.297. The van der Waals surface area contributed by atoms with Gasteiger partial charge in [-0.2, -0.15) is 4.98 Å². The van der Waals surface area contributed by atoms with E-state index in [-0.39, 0.29) is 5.82 Å². The lowest BCUT2D eigenvalue weighted by molar-refractivity contribution is 0.462. The van der Waals surface area contributed by atoms with E-state index in [9.17, 15) is 4.39 Å². The van der Waals surface area contributed by atoms with E-state index in [1.807, 2.05) is 30.3 Å². The van der Waals surface area contributed by atoms with Crippen molar-refractivity contribution in [1.82, 2.24) is 9.97 Å². The molecule has 23 heavy (non-hydrogen) atoms. The molecule has 2 heterocycles. The summed E-state index contributed by atoms with van der Waals surface area (Å²) >= 11 is 0. The van der Waals surface area contributed by atoms with E-state index in [0.29, 0.717) is 29.7 Å². The van der Waals surface area contributed by atoms with Crippen molar-refractivity contribution in [2.45, 2.75) is 6.54 Å². The monoisotopic (exact) mass is 308 g/mol. The Bertz CT molecular complexity index is 854. The molecule has 1 aromatic heterocycles. The zero-order valence-corrected chi connectivity index (χ0v) is 12.1. The van der Waals surface area contributed by atoms with Crippen LogP contribution in [0.3, 0.4) is 0 Å². The number of nitrogens with zero attached hydrogens (tertiary/aromatic N) is 2. The zero-order valence-electron chi connectivity index (χ0n) is 12.1. The predicted octanol–water partition coefficient (Wildman–Crippen LogP) is 4.08. The smallest absolute Gasteiger partial charge is 0.248 e. The number of nitrogens with one attached hydrogen (secondary N) is 2. The highest BCUT2D eigenvalue weighted by Crippen LogP contribution is 2.38. The molecule has 1 aliphatic rings. The Morgan fingerprint density at radius 1 is 1.09 bits per heavy atom. The van der Waals surface area contributed by atoms with Gasteiger partial charge in [-0.1, -0.05) is 18.2 Å². The number of benzene rings is 2. The summed E-state index contributed by atoms with van der Waals surface area (Å²) in [7, 11) is 0. The molecule has 6 heteroatoms. The third-order valence-corrected chi connectivity index (χ3v) is 3.53. The number of rotatable bonds is 2. The first kappa shape index (κ1) is 13.5. The van der Waals surface area contributed by atoms with Crippen LogP contribution in [0.15, 0.2) is 54.9 Å². The molecular formula is C17H13FN4O. The lowest BCUT2D eigenvalue weighted by Gasteiger charge is -2.12. The van der Waals surface area contributed by atoms with Crippen molar-refractivity contribution >= 4 is 17.2 Å². The highest BCUT2D eigenvalue weighted by Gasteiger charge is 2.19. The van der Waals surface area contributed by atoms with Crippen molar-refractivity contribution in [3.8, 4) is 11.6 Å². The van der Waals surface area contributed by atoms with Gasteiger partial charge in [0.15, 0.2) is 5.82 Å². The van der Waals surface area contributed by atoms with Gasteiger partial charge in [0.2, 0.25) is 5.88 Å². The van der Waals surface area contributed by atoms with Crippen molar-refractivity contribution in [2.75, 3.05) is 10.6 Å². The number of para-hydroxylation sites is 1. The maximum absolute atomic E-state index is 13.4. The minimum Gasteiger partial charge on any atom is -0.437 e. The molecule has 0 saturated carbocycles. The maximum Gasteiger partial charge on any atom is 0.248 e. The van der Waals surface area contributed by atoms with Crippen LogP contribution >= 0.6 is 0 Å². The highest BCUT2D eigenvalue weighted by atomic mass is 19.1. The molecule has 0 radical (unpaired) electrons. The van der Waals surface area contributed by atoms with Crippen LogP contribution in [0.1, 0.15) is 5.56 Å². The number of hydrogen-bond acceptors (Lipinski definition) is 5. The molecule has 2 aromatic carbocycles. The third-order valence-electron chi connectivity index (χ3n) is 3.53. The molecule has 0 spiro atoms. The van der Waals surface area contributed by atoms with E-state index < -0.39 is 0 Å². The highest BCUT2D eigenvalue weighted by molar-refractivity contribution is 5.75. The second-order valence-electron chi connectivity index (χ2n) is 5.10. The average Bonchev–Trinajstić information content (AvgIpc) is 2.75. The summed E-state index contributed by atoms with van der Waals surface area (Å²) in [4.78, 5) is 8.44. The molecule has 2 N–H and O–H groups in total. The first-order valence-corrected chi connectivity index (χ1v) is 7.17. The largest absolute Gasteiger partial charge is 0.437 e. The Balaban J connectivity index is 1.71. The van der Waals surface area contributed by atoms with E-state index in [1.165, 1.54) is 18.5 Å². The van der Waals surface area contributed by atoms with Gasteiger partial charge in [-0.25, -0.2) is 9.37 Å². The summed E-state index contributed by atoms with van der Waals surface area (Å²) in [6.07, 6.45) is 1.43. The Hall–Kier alpha value is -3.15. The fourth-order valence-corrected chi connectivity index (χ4v) is 2.43. The Labute approximate surface area is 132 Å². The average molecular weight is 308 g/mol. The van der Waals surface area contributed by atoms with Gasteiger partial charge in [0, 0.05) is 17.8 Å². The van der Waals surface area contributed by atoms with Gasteiger partial charge in [-0.3, -0.25) is 0 Å². The van der Waals surface area contributed by atoms with Crippen molar-refractivity contribution < 1.29 is 9.13 Å². The fourth-order valence-electron chi connectivity index (χ4n) is 2.43. The molecule has 0 amide bonds. The number of anilines is 3. The van der Waals surface area contributed by atoms with E-state index in [0.717, 1.165) is 11.3 Å². The number of halogens is 1. The van der Waals surface area contributed by atoms with Gasteiger partial charge in [-0.05, 0) is 30.3 Å². The number of ether oxygens (including phenoxy) is 1. The van der Waals surface area contributed by atoms with Crippen LogP contribution in [-0.4, -0.2) is 9.97 Å². The lowest BCUT2D eigenvalue weighted by atomic mass is 10.2. The van der Waals surface area contributed by atoms with Gasteiger partial charge in [0.05, 0.1) is 0 Å². The van der Waals surface area contributed by atoms with E-state index >= 15 is 0 Å². The van der Waals surface area contributed by atoms with E-state index in [1.54, 1.807) is 6.07 Å². The summed E-state index contributed by atoms with van der Waals surface area (Å²) in [5, 5.41) is 6.45. The topological polar surface area (TPSA) is 59.1 Å². The van der Waals surface area contributed by atoms with Crippen LogP contribution in [-0.2, 0) is 6.54 Å². The van der Waals surface area contributed by atoms with Crippen molar-refractivity contribution in [3.63, 3.8) is 0 Å². The summed E-state index contributed by atoms with van der Waals surface area (Å²) in [5.41, 5.74) is 2.28. The van der Waals surface area contributed by atoms with Gasteiger partial charge in [0.25, 0.3) is 0 Å². The third kappa shape index (κ3) is 2.66. The summed E-state index contributed by atoms with van der Waals surface area (Å²) < 4.78 is 19.2. The quantitative estimate of drug-likeness (QED) is 0.747. The molecule has 0 fully saturated rings. The fraction of sp³-hybridized carbons (Fsp3) is 0.0588. The molecule has 5 nitrogen and oxygen atoms in total. The Morgan fingerprint density at radius 2 is 1.96 bits per heavy atom. The van der Waals surface area contributed by atoms with Gasteiger partial charge in [0.1, 0.15) is 23.6 Å². The molecule has 0 unspecified atom stereocenters. The van der Waals surface area contributed by atoms with Gasteiger partial charge in [-0.15, -0.1) is 0 Å².